The molecule has 9 nitrogen and oxygen atoms in total. The van der Waals surface area contributed by atoms with Crippen LogP contribution >= 0.6 is 0 Å². The maximum Gasteiger partial charge on any atom is 0.258 e. The average Bonchev–Trinajstić information content (AvgIpc) is 3.58. The quantitative estimate of drug-likeness (QED) is 0.327. The van der Waals surface area contributed by atoms with Crippen LogP contribution < -0.4 is 15.4 Å². The molecule has 0 saturated carbocycles. The van der Waals surface area contributed by atoms with Gasteiger partial charge >= 0.3 is 0 Å². The van der Waals surface area contributed by atoms with Crippen LogP contribution in [0.2, 0.25) is 0 Å². The van der Waals surface area contributed by atoms with Gasteiger partial charge in [-0.1, -0.05) is 30.3 Å². The van der Waals surface area contributed by atoms with Crippen LogP contribution in [0.25, 0.3) is 11.2 Å². The summed E-state index contributed by atoms with van der Waals surface area (Å²) in [5.74, 6) is 1.26. The smallest absolute Gasteiger partial charge is 0.258 e. The number of imidazole rings is 1. The molecule has 0 radical (unpaired) electrons. The molecule has 0 bridgehead atoms. The molecule has 9 heteroatoms. The van der Waals surface area contributed by atoms with Crippen LogP contribution in [0.5, 0.6) is 5.75 Å². The molecule has 4 aromatic rings. The van der Waals surface area contributed by atoms with Crippen molar-refractivity contribution in [2.45, 2.75) is 25.8 Å². The fraction of sp³-hybridized carbons (Fsp3) is 0.333. The Labute approximate surface area is 210 Å². The zero-order chi connectivity index (χ0) is 24.7. The zero-order valence-electron chi connectivity index (χ0n) is 20.5. The highest BCUT2D eigenvalue weighted by molar-refractivity contribution is 6.04. The lowest BCUT2D eigenvalue weighted by molar-refractivity contribution is 0.102. The second kappa shape index (κ2) is 11.2. The molecule has 1 saturated heterocycles. The summed E-state index contributed by atoms with van der Waals surface area (Å²) in [7, 11) is 1.59. The van der Waals surface area contributed by atoms with Crippen LogP contribution in [-0.4, -0.2) is 63.6 Å². The SMILES string of the molecule is COc1ccc(C(=O)Nc2nc(NCCCN3CCCC3)c3ncn(Cc4ccccc4)c3n2)cc1. The van der Waals surface area contributed by atoms with Gasteiger partial charge in [-0.15, -0.1) is 0 Å². The standard InChI is InChI=1S/C27H31N7O2/c1-36-22-12-10-21(11-13-22)26(35)32-27-30-24(28-14-7-17-33-15-5-6-16-33)23-25(31-27)34(19-29-23)18-20-8-3-2-4-9-20/h2-4,8-13,19H,5-7,14-18H2,1H3,(H2,28,30,31,32,35). The molecule has 1 aliphatic heterocycles. The first kappa shape index (κ1) is 23.7. The van der Waals surface area contributed by atoms with Crippen molar-refractivity contribution >= 4 is 28.8 Å². The van der Waals surface area contributed by atoms with Crippen LogP contribution in [0.4, 0.5) is 11.8 Å². The Hall–Kier alpha value is -3.98. The minimum Gasteiger partial charge on any atom is -0.497 e. The Bertz CT molecular complexity index is 1300. The molecule has 1 fully saturated rings. The van der Waals surface area contributed by atoms with Gasteiger partial charge in [0, 0.05) is 12.1 Å². The fourth-order valence-electron chi connectivity index (χ4n) is 4.45. The van der Waals surface area contributed by atoms with E-state index in [9.17, 15) is 4.79 Å². The van der Waals surface area contributed by atoms with Gasteiger partial charge in [-0.05, 0) is 68.7 Å². The molecule has 0 atom stereocenters. The second-order valence-corrected chi connectivity index (χ2v) is 8.94. The topological polar surface area (TPSA) is 97.2 Å². The van der Waals surface area contributed by atoms with Crippen LogP contribution in [-0.2, 0) is 6.54 Å². The number of hydrogen-bond donors (Lipinski definition) is 2. The third-order valence-corrected chi connectivity index (χ3v) is 6.38. The number of amides is 1. The second-order valence-electron chi connectivity index (χ2n) is 8.94. The van der Waals surface area contributed by atoms with E-state index in [4.69, 9.17) is 4.74 Å². The first-order chi connectivity index (χ1) is 17.7. The van der Waals surface area contributed by atoms with Crippen LogP contribution in [0, 0.1) is 0 Å². The van der Waals surface area contributed by atoms with Gasteiger partial charge in [-0.25, -0.2) is 4.98 Å². The van der Waals surface area contributed by atoms with Crippen molar-refractivity contribution in [1.29, 1.82) is 0 Å². The predicted molar refractivity (Wildman–Crippen MR) is 141 cm³/mol. The number of ether oxygens (including phenoxy) is 1. The Morgan fingerprint density at radius 3 is 2.56 bits per heavy atom. The van der Waals surface area contributed by atoms with E-state index < -0.39 is 0 Å². The third kappa shape index (κ3) is 5.63. The van der Waals surface area contributed by atoms with Crippen LogP contribution in [0.15, 0.2) is 60.9 Å². The van der Waals surface area contributed by atoms with E-state index in [0.717, 1.165) is 25.1 Å². The number of carbonyl (C=O) groups excluding carboxylic acids is 1. The number of carbonyl (C=O) groups is 1. The average molecular weight is 486 g/mol. The number of rotatable bonds is 10. The maximum absolute atomic E-state index is 12.9. The number of benzene rings is 2. The summed E-state index contributed by atoms with van der Waals surface area (Å²) in [6.07, 6.45) is 5.35. The number of nitrogens with one attached hydrogen (secondary N) is 2. The Morgan fingerprint density at radius 1 is 1.03 bits per heavy atom. The first-order valence-electron chi connectivity index (χ1n) is 12.4. The molecule has 0 aliphatic carbocycles. The Balaban J connectivity index is 1.38. The van der Waals surface area contributed by atoms with Crippen LogP contribution in [0.1, 0.15) is 35.2 Å². The fourth-order valence-corrected chi connectivity index (χ4v) is 4.45. The maximum atomic E-state index is 12.9. The molecule has 2 aromatic heterocycles. The van der Waals surface area contributed by atoms with E-state index in [1.807, 2.05) is 22.8 Å². The number of methoxy groups -OCH3 is 1. The van der Waals surface area contributed by atoms with Gasteiger partial charge < -0.3 is 19.5 Å². The summed E-state index contributed by atoms with van der Waals surface area (Å²) in [4.78, 5) is 29.3. The largest absolute Gasteiger partial charge is 0.497 e. The third-order valence-electron chi connectivity index (χ3n) is 6.38. The molecule has 5 rings (SSSR count). The molecular weight excluding hydrogens is 454 g/mol. The van der Waals surface area contributed by atoms with Gasteiger partial charge in [0.05, 0.1) is 20.0 Å². The van der Waals surface area contributed by atoms with E-state index >= 15 is 0 Å². The first-order valence-corrected chi connectivity index (χ1v) is 12.4. The molecule has 36 heavy (non-hydrogen) atoms. The van der Waals surface area contributed by atoms with Crippen molar-refractivity contribution in [2.24, 2.45) is 0 Å². The highest BCUT2D eigenvalue weighted by Crippen LogP contribution is 2.22. The summed E-state index contributed by atoms with van der Waals surface area (Å²) in [6, 6.07) is 17.1. The molecule has 186 valence electrons. The minimum absolute atomic E-state index is 0.236. The monoisotopic (exact) mass is 485 g/mol. The van der Waals surface area contributed by atoms with Crippen molar-refractivity contribution in [3.63, 3.8) is 0 Å². The molecule has 3 heterocycles. The number of likely N-dealkylation sites (tertiary alicyclic amines) is 1. The summed E-state index contributed by atoms with van der Waals surface area (Å²) in [5.41, 5.74) is 2.99. The lowest BCUT2D eigenvalue weighted by atomic mass is 10.2. The number of fused-ring (bicyclic) bond motifs is 1. The van der Waals surface area contributed by atoms with Gasteiger partial charge in [0.25, 0.3) is 5.91 Å². The van der Waals surface area contributed by atoms with E-state index in [0.29, 0.717) is 34.8 Å². The van der Waals surface area contributed by atoms with Gasteiger partial charge in [0.15, 0.2) is 17.0 Å². The van der Waals surface area contributed by atoms with Crippen molar-refractivity contribution in [3.05, 3.63) is 72.1 Å². The molecular formula is C27H31N7O2. The zero-order valence-corrected chi connectivity index (χ0v) is 20.5. The van der Waals surface area contributed by atoms with Gasteiger partial charge in [-0.3, -0.25) is 10.1 Å². The highest BCUT2D eigenvalue weighted by atomic mass is 16.5. The molecule has 0 unspecified atom stereocenters. The molecule has 1 aliphatic rings. The Kier molecular flexibility index (Phi) is 7.37. The number of hydrogen-bond acceptors (Lipinski definition) is 7. The summed E-state index contributed by atoms with van der Waals surface area (Å²) in [6.45, 7) is 4.81. The summed E-state index contributed by atoms with van der Waals surface area (Å²) in [5, 5.41) is 6.29. The lowest BCUT2D eigenvalue weighted by Crippen LogP contribution is -2.22. The van der Waals surface area contributed by atoms with Crippen molar-refractivity contribution in [3.8, 4) is 5.75 Å². The van der Waals surface area contributed by atoms with E-state index in [-0.39, 0.29) is 11.9 Å². The summed E-state index contributed by atoms with van der Waals surface area (Å²) >= 11 is 0. The minimum atomic E-state index is -0.286. The molecule has 1 amide bonds. The molecule has 2 aromatic carbocycles. The lowest BCUT2D eigenvalue weighted by Gasteiger charge is -2.15. The van der Waals surface area contributed by atoms with E-state index in [1.54, 1.807) is 37.7 Å². The van der Waals surface area contributed by atoms with Gasteiger partial charge in [0.1, 0.15) is 5.75 Å². The molecule has 2 N–H and O–H groups in total. The number of aromatic nitrogens is 4. The normalized spacial score (nSPS) is 13.7. The van der Waals surface area contributed by atoms with E-state index in [2.05, 4.69) is 42.6 Å². The van der Waals surface area contributed by atoms with E-state index in [1.165, 1.54) is 25.9 Å². The Morgan fingerprint density at radius 2 is 1.81 bits per heavy atom. The van der Waals surface area contributed by atoms with Gasteiger partial charge in [0.2, 0.25) is 5.95 Å². The number of anilines is 2. The van der Waals surface area contributed by atoms with Crippen molar-refractivity contribution in [2.75, 3.05) is 43.9 Å². The summed E-state index contributed by atoms with van der Waals surface area (Å²) < 4.78 is 7.16. The van der Waals surface area contributed by atoms with Crippen molar-refractivity contribution < 1.29 is 9.53 Å². The highest BCUT2D eigenvalue weighted by Gasteiger charge is 2.17. The van der Waals surface area contributed by atoms with Gasteiger partial charge in [-0.2, -0.15) is 9.97 Å². The predicted octanol–water partition coefficient (Wildman–Crippen LogP) is 4.03. The molecule has 0 spiro atoms. The number of nitrogens with zero attached hydrogens (tertiary/aromatic N) is 5. The van der Waals surface area contributed by atoms with Crippen LogP contribution in [0.3, 0.4) is 0 Å². The van der Waals surface area contributed by atoms with Crippen molar-refractivity contribution in [1.82, 2.24) is 24.4 Å².